The van der Waals surface area contributed by atoms with Gasteiger partial charge in [0.05, 0.1) is 5.56 Å². The van der Waals surface area contributed by atoms with E-state index < -0.39 is 17.7 Å². The van der Waals surface area contributed by atoms with Crippen LogP contribution in [-0.2, 0) is 10.9 Å². The first-order chi connectivity index (χ1) is 13.4. The first kappa shape index (κ1) is 17.7. The van der Waals surface area contributed by atoms with Crippen molar-refractivity contribution in [3.63, 3.8) is 0 Å². The van der Waals surface area contributed by atoms with Gasteiger partial charge >= 0.3 is 12.1 Å². The van der Waals surface area contributed by atoms with Gasteiger partial charge in [-0.3, -0.25) is 0 Å². The van der Waals surface area contributed by atoms with Gasteiger partial charge in [-0.2, -0.15) is 13.2 Å². The summed E-state index contributed by atoms with van der Waals surface area (Å²) in [5.74, 6) is -0.0152. The van der Waals surface area contributed by atoms with Crippen LogP contribution in [-0.4, -0.2) is 29.8 Å². The lowest BCUT2D eigenvalue weighted by Gasteiger charge is -2.22. The van der Waals surface area contributed by atoms with Crippen molar-refractivity contribution in [3.05, 3.63) is 41.2 Å². The second kappa shape index (κ2) is 6.34. The third-order valence-electron chi connectivity index (χ3n) is 5.92. The number of esters is 1. The topological polar surface area (TPSA) is 64.4 Å². The van der Waals surface area contributed by atoms with Crippen LogP contribution in [0.1, 0.15) is 53.3 Å². The molecule has 0 unspecified atom stereocenters. The van der Waals surface area contributed by atoms with Crippen molar-refractivity contribution in [3.8, 4) is 11.3 Å². The van der Waals surface area contributed by atoms with E-state index in [1.165, 1.54) is 18.2 Å². The third kappa shape index (κ3) is 2.99. The molecule has 8 heteroatoms. The highest BCUT2D eigenvalue weighted by Crippen LogP contribution is 2.46. The van der Waals surface area contributed by atoms with E-state index in [1.807, 2.05) is 0 Å². The zero-order valence-electron chi connectivity index (χ0n) is 15.0. The van der Waals surface area contributed by atoms with Crippen LogP contribution >= 0.6 is 0 Å². The quantitative estimate of drug-likeness (QED) is 0.792. The number of hydrogen-bond donors (Lipinski definition) is 1. The monoisotopic (exact) mass is 392 g/mol. The fourth-order valence-electron chi connectivity index (χ4n) is 4.37. The molecule has 3 fully saturated rings. The van der Waals surface area contributed by atoms with E-state index in [4.69, 9.17) is 9.26 Å². The Kier molecular flexibility index (Phi) is 4.01. The highest BCUT2D eigenvalue weighted by Gasteiger charge is 2.44. The van der Waals surface area contributed by atoms with E-state index in [2.05, 4.69) is 10.5 Å². The normalized spacial score (nSPS) is 26.6. The Morgan fingerprint density at radius 3 is 2.64 bits per heavy atom. The number of piperidine rings is 1. The van der Waals surface area contributed by atoms with Gasteiger partial charge in [-0.1, -0.05) is 23.4 Å². The number of ether oxygens (including phenoxy) is 1. The molecule has 5 rings (SSSR count). The summed E-state index contributed by atoms with van der Waals surface area (Å²) in [7, 11) is 0. The molecule has 28 heavy (non-hydrogen) atoms. The molecule has 3 atom stereocenters. The standard InChI is InChI=1S/C20H19F3N2O3/c21-20(22,23)14-4-2-1-3-13(14)17-16(18(28-25-17)10-5-6-10)19(26)27-15-8-12-7-11(15)9-24-12/h1-4,10-12,15,24H,5-9H2/t11-,12-,15+/m0/s1. The lowest BCUT2D eigenvalue weighted by Crippen LogP contribution is -2.35. The minimum atomic E-state index is -4.56. The average molecular weight is 392 g/mol. The average Bonchev–Trinajstić information content (AvgIpc) is 3.09. The third-order valence-corrected chi connectivity index (χ3v) is 5.92. The number of nitrogens with one attached hydrogen (secondary N) is 1. The summed E-state index contributed by atoms with van der Waals surface area (Å²) in [6.07, 6.45) is -1.43. The van der Waals surface area contributed by atoms with Gasteiger partial charge in [0.15, 0.2) is 5.76 Å². The first-order valence-corrected chi connectivity index (χ1v) is 9.52. The van der Waals surface area contributed by atoms with Crippen molar-refractivity contribution in [2.24, 2.45) is 5.92 Å². The lowest BCUT2D eigenvalue weighted by molar-refractivity contribution is -0.137. The number of nitrogens with zero attached hydrogens (tertiary/aromatic N) is 1. The molecule has 2 aromatic rings. The van der Waals surface area contributed by atoms with Crippen LogP contribution in [0.4, 0.5) is 13.2 Å². The number of carbonyl (C=O) groups is 1. The Labute approximate surface area is 159 Å². The Balaban J connectivity index is 1.53. The summed E-state index contributed by atoms with van der Waals surface area (Å²) in [5.41, 5.74) is -1.04. The van der Waals surface area contributed by atoms with Gasteiger partial charge in [0.2, 0.25) is 0 Å². The van der Waals surface area contributed by atoms with Gasteiger partial charge in [0.25, 0.3) is 0 Å². The molecule has 5 nitrogen and oxygen atoms in total. The number of hydrogen-bond acceptors (Lipinski definition) is 5. The molecule has 1 N–H and O–H groups in total. The number of fused-ring (bicyclic) bond motifs is 2. The summed E-state index contributed by atoms with van der Waals surface area (Å²) in [4.78, 5) is 13.0. The van der Waals surface area contributed by atoms with Crippen LogP contribution < -0.4 is 5.32 Å². The number of halogens is 3. The van der Waals surface area contributed by atoms with Crippen LogP contribution in [0.15, 0.2) is 28.8 Å². The van der Waals surface area contributed by atoms with Crippen molar-refractivity contribution in [2.75, 3.05) is 6.54 Å². The van der Waals surface area contributed by atoms with E-state index in [0.29, 0.717) is 11.8 Å². The van der Waals surface area contributed by atoms with Crippen molar-refractivity contribution in [2.45, 2.75) is 49.9 Å². The molecule has 1 aliphatic heterocycles. The maximum Gasteiger partial charge on any atom is 0.417 e. The van der Waals surface area contributed by atoms with Crippen LogP contribution in [0.2, 0.25) is 0 Å². The van der Waals surface area contributed by atoms with Crippen molar-refractivity contribution in [1.29, 1.82) is 0 Å². The number of benzene rings is 1. The molecule has 2 aliphatic carbocycles. The zero-order chi connectivity index (χ0) is 19.5. The molecule has 3 aliphatic rings. The van der Waals surface area contributed by atoms with Crippen molar-refractivity contribution in [1.82, 2.24) is 10.5 Å². The van der Waals surface area contributed by atoms with E-state index >= 15 is 0 Å². The number of aromatic nitrogens is 1. The van der Waals surface area contributed by atoms with Crippen molar-refractivity contribution >= 4 is 5.97 Å². The molecule has 1 aromatic heterocycles. The predicted molar refractivity (Wildman–Crippen MR) is 92.6 cm³/mol. The molecule has 1 aromatic carbocycles. The van der Waals surface area contributed by atoms with Crippen LogP contribution in [0, 0.1) is 5.92 Å². The van der Waals surface area contributed by atoms with Gasteiger partial charge in [-0.25, -0.2) is 4.79 Å². The van der Waals surface area contributed by atoms with E-state index in [-0.39, 0.29) is 34.8 Å². The van der Waals surface area contributed by atoms with E-state index in [9.17, 15) is 18.0 Å². The molecule has 1 saturated heterocycles. The smallest absolute Gasteiger partial charge is 0.417 e. The van der Waals surface area contributed by atoms with Gasteiger partial charge in [-0.15, -0.1) is 0 Å². The summed E-state index contributed by atoms with van der Waals surface area (Å²) in [5, 5.41) is 7.23. The summed E-state index contributed by atoms with van der Waals surface area (Å²) < 4.78 is 51.6. The highest BCUT2D eigenvalue weighted by molar-refractivity contribution is 5.98. The largest absolute Gasteiger partial charge is 0.458 e. The Morgan fingerprint density at radius 1 is 1.21 bits per heavy atom. The van der Waals surface area contributed by atoms with Crippen molar-refractivity contribution < 1.29 is 27.2 Å². The fourth-order valence-corrected chi connectivity index (χ4v) is 4.37. The van der Waals surface area contributed by atoms with E-state index in [0.717, 1.165) is 38.3 Å². The molecule has 2 bridgehead atoms. The molecular weight excluding hydrogens is 373 g/mol. The molecule has 148 valence electrons. The zero-order valence-corrected chi connectivity index (χ0v) is 15.0. The van der Waals surface area contributed by atoms with Gasteiger partial charge in [0, 0.05) is 36.4 Å². The number of rotatable bonds is 4. The first-order valence-electron chi connectivity index (χ1n) is 9.52. The van der Waals surface area contributed by atoms with Gasteiger partial charge in [0.1, 0.15) is 17.4 Å². The van der Waals surface area contributed by atoms with E-state index in [1.54, 1.807) is 0 Å². The Hall–Kier alpha value is -2.35. The minimum absolute atomic E-state index is 0.0172. The minimum Gasteiger partial charge on any atom is -0.458 e. The molecule has 2 saturated carbocycles. The maximum atomic E-state index is 13.5. The van der Waals surface area contributed by atoms with Crippen LogP contribution in [0.3, 0.4) is 0 Å². The predicted octanol–water partition coefficient (Wildman–Crippen LogP) is 4.15. The number of carbonyl (C=O) groups excluding carboxylic acids is 1. The fraction of sp³-hybridized carbons (Fsp3) is 0.500. The molecule has 2 heterocycles. The van der Waals surface area contributed by atoms with Gasteiger partial charge in [-0.05, 0) is 25.3 Å². The Morgan fingerprint density at radius 2 is 2.00 bits per heavy atom. The second-order valence-corrected chi connectivity index (χ2v) is 7.87. The SMILES string of the molecule is O=C(O[C@@H]1C[C@@H]2C[C@H]1CN2)c1c(-c2ccccc2C(F)(F)F)noc1C1CC1. The summed E-state index contributed by atoms with van der Waals surface area (Å²) in [6, 6.07) is 5.45. The van der Waals surface area contributed by atoms with Crippen LogP contribution in [0.25, 0.3) is 11.3 Å². The molecule has 0 radical (unpaired) electrons. The lowest BCUT2D eigenvalue weighted by atomic mass is 9.99. The number of alkyl halides is 3. The Bertz CT molecular complexity index is 920. The molecular formula is C20H19F3N2O3. The van der Waals surface area contributed by atoms with Gasteiger partial charge < -0.3 is 14.6 Å². The maximum absolute atomic E-state index is 13.5. The summed E-state index contributed by atoms with van der Waals surface area (Å²) in [6.45, 7) is 0.797. The molecule has 0 spiro atoms. The summed E-state index contributed by atoms with van der Waals surface area (Å²) >= 11 is 0. The van der Waals surface area contributed by atoms with Crippen LogP contribution in [0.5, 0.6) is 0 Å². The highest BCUT2D eigenvalue weighted by atomic mass is 19.4. The second-order valence-electron chi connectivity index (χ2n) is 7.87. The molecule has 0 amide bonds.